The molecule has 0 N–H and O–H groups in total. The standard InChI is InChI=1S/C14H25ClN2/c1-6-12-9-13(17(7-2)16-12)8-11(10-15)14(3,4)5/h9,11H,6-8,10H2,1-5H3. The lowest BCUT2D eigenvalue weighted by Crippen LogP contribution is -2.25. The van der Waals surface area contributed by atoms with Gasteiger partial charge in [-0.1, -0.05) is 27.7 Å². The van der Waals surface area contributed by atoms with E-state index in [1.807, 2.05) is 0 Å². The van der Waals surface area contributed by atoms with Crippen LogP contribution in [-0.2, 0) is 19.4 Å². The van der Waals surface area contributed by atoms with E-state index >= 15 is 0 Å². The topological polar surface area (TPSA) is 17.8 Å². The van der Waals surface area contributed by atoms with Crippen LogP contribution in [0.1, 0.15) is 46.0 Å². The lowest BCUT2D eigenvalue weighted by atomic mass is 9.79. The number of aryl methyl sites for hydroxylation is 2. The summed E-state index contributed by atoms with van der Waals surface area (Å²) in [5.74, 6) is 1.20. The first-order chi connectivity index (χ1) is 7.92. The molecule has 1 unspecified atom stereocenters. The van der Waals surface area contributed by atoms with E-state index in [4.69, 9.17) is 11.6 Å². The third-order valence-electron chi connectivity index (χ3n) is 3.44. The maximum Gasteiger partial charge on any atom is 0.0624 e. The Balaban J connectivity index is 2.89. The van der Waals surface area contributed by atoms with Crippen LogP contribution in [0, 0.1) is 11.3 Å². The third kappa shape index (κ3) is 3.74. The fourth-order valence-corrected chi connectivity index (χ4v) is 2.54. The SMILES string of the molecule is CCc1cc(CC(CCl)C(C)(C)C)n(CC)n1. The zero-order valence-corrected chi connectivity index (χ0v) is 12.5. The highest BCUT2D eigenvalue weighted by Crippen LogP contribution is 2.30. The van der Waals surface area contributed by atoms with Crippen molar-refractivity contribution in [2.75, 3.05) is 5.88 Å². The van der Waals surface area contributed by atoms with E-state index in [0.717, 1.165) is 19.4 Å². The maximum atomic E-state index is 6.11. The summed E-state index contributed by atoms with van der Waals surface area (Å²) >= 11 is 6.11. The molecule has 2 nitrogen and oxygen atoms in total. The van der Waals surface area contributed by atoms with Crippen LogP contribution in [0.5, 0.6) is 0 Å². The van der Waals surface area contributed by atoms with Crippen molar-refractivity contribution in [3.05, 3.63) is 17.5 Å². The Hall–Kier alpha value is -0.500. The first kappa shape index (κ1) is 14.6. The monoisotopic (exact) mass is 256 g/mol. The molecule has 0 radical (unpaired) electrons. The third-order valence-corrected chi connectivity index (χ3v) is 3.81. The number of alkyl halides is 1. The van der Waals surface area contributed by atoms with Crippen molar-refractivity contribution < 1.29 is 0 Å². The Labute approximate surface area is 110 Å². The number of rotatable bonds is 5. The van der Waals surface area contributed by atoms with Gasteiger partial charge in [-0.3, -0.25) is 4.68 Å². The van der Waals surface area contributed by atoms with Crippen molar-refractivity contribution in [2.45, 2.75) is 54.0 Å². The Morgan fingerprint density at radius 3 is 2.41 bits per heavy atom. The highest BCUT2D eigenvalue weighted by atomic mass is 35.5. The van der Waals surface area contributed by atoms with Crippen LogP contribution in [0.3, 0.4) is 0 Å². The summed E-state index contributed by atoms with van der Waals surface area (Å²) < 4.78 is 2.12. The molecule has 1 rings (SSSR count). The quantitative estimate of drug-likeness (QED) is 0.731. The molecular formula is C14H25ClN2. The van der Waals surface area contributed by atoms with E-state index < -0.39 is 0 Å². The van der Waals surface area contributed by atoms with Crippen molar-refractivity contribution in [3.63, 3.8) is 0 Å². The highest BCUT2D eigenvalue weighted by molar-refractivity contribution is 6.18. The normalized spacial score (nSPS) is 14.0. The summed E-state index contributed by atoms with van der Waals surface area (Å²) in [7, 11) is 0. The Morgan fingerprint density at radius 1 is 1.35 bits per heavy atom. The molecule has 1 aromatic heterocycles. The summed E-state index contributed by atoms with van der Waals surface area (Å²) in [5, 5.41) is 4.59. The minimum Gasteiger partial charge on any atom is -0.270 e. The number of halogens is 1. The molecule has 0 bridgehead atoms. The van der Waals surface area contributed by atoms with E-state index in [2.05, 4.69) is 50.5 Å². The van der Waals surface area contributed by atoms with Gasteiger partial charge in [0.25, 0.3) is 0 Å². The van der Waals surface area contributed by atoms with Gasteiger partial charge in [0.15, 0.2) is 0 Å². The van der Waals surface area contributed by atoms with Crippen molar-refractivity contribution >= 4 is 11.6 Å². The molecule has 1 heterocycles. The Bertz CT molecular complexity index is 350. The smallest absolute Gasteiger partial charge is 0.0624 e. The van der Waals surface area contributed by atoms with Crippen LogP contribution in [0.15, 0.2) is 6.07 Å². The van der Waals surface area contributed by atoms with Gasteiger partial charge in [-0.2, -0.15) is 5.10 Å². The van der Waals surface area contributed by atoms with Gasteiger partial charge in [0.1, 0.15) is 0 Å². The number of nitrogens with zero attached hydrogens (tertiary/aromatic N) is 2. The van der Waals surface area contributed by atoms with E-state index in [-0.39, 0.29) is 5.41 Å². The van der Waals surface area contributed by atoms with Gasteiger partial charge in [-0.05, 0) is 37.2 Å². The summed E-state index contributed by atoms with van der Waals surface area (Å²) in [6, 6.07) is 2.23. The second kappa shape index (κ2) is 5.90. The van der Waals surface area contributed by atoms with Gasteiger partial charge in [-0.15, -0.1) is 11.6 Å². The molecule has 1 aromatic rings. The van der Waals surface area contributed by atoms with E-state index in [9.17, 15) is 0 Å². The summed E-state index contributed by atoms with van der Waals surface area (Å²) in [6.07, 6.45) is 2.02. The van der Waals surface area contributed by atoms with Crippen LogP contribution in [0.2, 0.25) is 0 Å². The number of hydrogen-bond donors (Lipinski definition) is 0. The fraction of sp³-hybridized carbons (Fsp3) is 0.786. The van der Waals surface area contributed by atoms with Gasteiger partial charge in [0.05, 0.1) is 5.69 Å². The molecule has 0 saturated carbocycles. The van der Waals surface area contributed by atoms with Gasteiger partial charge in [0.2, 0.25) is 0 Å². The number of aromatic nitrogens is 2. The molecule has 0 aliphatic rings. The molecule has 0 fully saturated rings. The maximum absolute atomic E-state index is 6.11. The first-order valence-electron chi connectivity index (χ1n) is 6.53. The lowest BCUT2D eigenvalue weighted by Gasteiger charge is -2.29. The van der Waals surface area contributed by atoms with Crippen LogP contribution in [0.25, 0.3) is 0 Å². The average molecular weight is 257 g/mol. The molecule has 0 aliphatic heterocycles. The van der Waals surface area contributed by atoms with Crippen LogP contribution < -0.4 is 0 Å². The summed E-state index contributed by atoms with van der Waals surface area (Å²) in [5.41, 5.74) is 2.76. The molecule has 98 valence electrons. The van der Waals surface area contributed by atoms with Crippen molar-refractivity contribution in [2.24, 2.45) is 11.3 Å². The number of hydrogen-bond acceptors (Lipinski definition) is 1. The zero-order chi connectivity index (χ0) is 13.1. The Kier molecular flexibility index (Phi) is 5.05. The highest BCUT2D eigenvalue weighted by Gasteiger charge is 2.25. The molecule has 0 saturated heterocycles. The molecule has 3 heteroatoms. The average Bonchev–Trinajstić information content (AvgIpc) is 2.66. The lowest BCUT2D eigenvalue weighted by molar-refractivity contribution is 0.259. The Morgan fingerprint density at radius 2 is 2.00 bits per heavy atom. The molecule has 0 aromatic carbocycles. The van der Waals surface area contributed by atoms with Gasteiger partial charge in [-0.25, -0.2) is 0 Å². The first-order valence-corrected chi connectivity index (χ1v) is 7.07. The molecule has 17 heavy (non-hydrogen) atoms. The van der Waals surface area contributed by atoms with Crippen LogP contribution in [0.4, 0.5) is 0 Å². The zero-order valence-electron chi connectivity index (χ0n) is 11.8. The minimum atomic E-state index is 0.247. The molecule has 1 atom stereocenters. The van der Waals surface area contributed by atoms with E-state index in [1.54, 1.807) is 0 Å². The van der Waals surface area contributed by atoms with Crippen LogP contribution >= 0.6 is 11.6 Å². The molecular weight excluding hydrogens is 232 g/mol. The van der Waals surface area contributed by atoms with Crippen molar-refractivity contribution in [1.82, 2.24) is 9.78 Å². The van der Waals surface area contributed by atoms with Crippen molar-refractivity contribution in [3.8, 4) is 0 Å². The fourth-order valence-electron chi connectivity index (χ4n) is 1.97. The molecule has 0 spiro atoms. The van der Waals surface area contributed by atoms with E-state index in [0.29, 0.717) is 11.8 Å². The summed E-state index contributed by atoms with van der Waals surface area (Å²) in [6.45, 7) is 12.0. The summed E-state index contributed by atoms with van der Waals surface area (Å²) in [4.78, 5) is 0. The molecule has 0 amide bonds. The predicted molar refractivity (Wildman–Crippen MR) is 74.6 cm³/mol. The largest absolute Gasteiger partial charge is 0.270 e. The van der Waals surface area contributed by atoms with Gasteiger partial charge < -0.3 is 0 Å². The van der Waals surface area contributed by atoms with Crippen LogP contribution in [-0.4, -0.2) is 15.7 Å². The molecule has 0 aliphatic carbocycles. The second-order valence-electron chi connectivity index (χ2n) is 5.72. The van der Waals surface area contributed by atoms with Gasteiger partial charge >= 0.3 is 0 Å². The minimum absolute atomic E-state index is 0.247. The van der Waals surface area contributed by atoms with Crippen molar-refractivity contribution in [1.29, 1.82) is 0 Å². The predicted octanol–water partition coefficient (Wildman–Crippen LogP) is 3.91. The van der Waals surface area contributed by atoms with Gasteiger partial charge in [0, 0.05) is 18.1 Å². The van der Waals surface area contributed by atoms with E-state index in [1.165, 1.54) is 11.4 Å². The second-order valence-corrected chi connectivity index (χ2v) is 6.03.